The number of ether oxygens (including phenoxy) is 1. The van der Waals surface area contributed by atoms with E-state index in [4.69, 9.17) is 16.3 Å². The summed E-state index contributed by atoms with van der Waals surface area (Å²) in [5.74, 6) is 0.825. The molecule has 1 saturated carbocycles. The second-order valence-corrected chi connectivity index (χ2v) is 5.45. The van der Waals surface area contributed by atoms with Crippen LogP contribution in [0.4, 0.5) is 0 Å². The van der Waals surface area contributed by atoms with Gasteiger partial charge in [0.25, 0.3) is 0 Å². The van der Waals surface area contributed by atoms with Crippen molar-refractivity contribution >= 4 is 17.4 Å². The lowest BCUT2D eigenvalue weighted by atomic mass is 9.76. The van der Waals surface area contributed by atoms with Crippen LogP contribution in [0.5, 0.6) is 5.75 Å². The predicted molar refractivity (Wildman–Crippen MR) is 73.5 cm³/mol. The normalized spacial score (nSPS) is 17.7. The van der Waals surface area contributed by atoms with Crippen LogP contribution in [0.15, 0.2) is 18.2 Å². The molecule has 0 heterocycles. The Balaban J connectivity index is 2.41. The fourth-order valence-corrected chi connectivity index (χ4v) is 3.11. The summed E-state index contributed by atoms with van der Waals surface area (Å²) in [6.07, 6.45) is 5.14. The van der Waals surface area contributed by atoms with Gasteiger partial charge in [-0.15, -0.1) is 0 Å². The molecule has 0 atom stereocenters. The maximum absolute atomic E-state index is 12.8. The van der Waals surface area contributed by atoms with Crippen LogP contribution in [-0.2, 0) is 0 Å². The Labute approximate surface area is 113 Å². The van der Waals surface area contributed by atoms with Crippen molar-refractivity contribution in [3.8, 4) is 5.75 Å². The highest BCUT2D eigenvalue weighted by Crippen LogP contribution is 2.45. The van der Waals surface area contributed by atoms with E-state index in [1.54, 1.807) is 25.3 Å². The topological polar surface area (TPSA) is 26.3 Å². The lowest BCUT2D eigenvalue weighted by Gasteiger charge is -2.26. The van der Waals surface area contributed by atoms with Crippen LogP contribution in [-0.4, -0.2) is 12.9 Å². The molecular formula is C15H19ClO2. The van der Waals surface area contributed by atoms with Gasteiger partial charge in [0.2, 0.25) is 0 Å². The average Bonchev–Trinajstić information content (AvgIpc) is 2.87. The molecule has 1 aromatic carbocycles. The molecule has 98 valence electrons. The minimum Gasteiger partial charge on any atom is -0.496 e. The van der Waals surface area contributed by atoms with Gasteiger partial charge in [-0.2, -0.15) is 0 Å². The standard InChI is InChI=1S/C15H19ClO2/c1-3-15(8-4-5-9-15)14(17)12-10-11(16)6-7-13(12)18-2/h6-7,10H,3-5,8-9H2,1-2H3. The highest BCUT2D eigenvalue weighted by atomic mass is 35.5. The van der Waals surface area contributed by atoms with Crippen LogP contribution in [0.2, 0.25) is 5.02 Å². The molecule has 2 nitrogen and oxygen atoms in total. The molecule has 1 fully saturated rings. The van der Waals surface area contributed by atoms with Crippen molar-refractivity contribution in [1.82, 2.24) is 0 Å². The lowest BCUT2D eigenvalue weighted by molar-refractivity contribution is 0.0788. The summed E-state index contributed by atoms with van der Waals surface area (Å²) in [7, 11) is 1.59. The smallest absolute Gasteiger partial charge is 0.172 e. The van der Waals surface area contributed by atoms with Gasteiger partial charge in [-0.1, -0.05) is 31.4 Å². The van der Waals surface area contributed by atoms with Gasteiger partial charge in [0.1, 0.15) is 5.75 Å². The molecule has 0 N–H and O–H groups in total. The second-order valence-electron chi connectivity index (χ2n) is 5.01. The summed E-state index contributed by atoms with van der Waals surface area (Å²) in [5.41, 5.74) is 0.437. The van der Waals surface area contributed by atoms with Gasteiger partial charge >= 0.3 is 0 Å². The molecule has 0 unspecified atom stereocenters. The molecule has 18 heavy (non-hydrogen) atoms. The molecule has 0 radical (unpaired) electrons. The van der Waals surface area contributed by atoms with Crippen LogP contribution in [0.25, 0.3) is 0 Å². The van der Waals surface area contributed by atoms with E-state index in [1.807, 2.05) is 0 Å². The first-order chi connectivity index (χ1) is 8.63. The molecule has 0 bridgehead atoms. The predicted octanol–water partition coefficient (Wildman–Crippen LogP) is 4.50. The van der Waals surface area contributed by atoms with Crippen LogP contribution in [0.3, 0.4) is 0 Å². The molecular weight excluding hydrogens is 248 g/mol. The summed E-state index contributed by atoms with van der Waals surface area (Å²) in [6, 6.07) is 5.26. The Morgan fingerprint density at radius 2 is 2.06 bits per heavy atom. The Hall–Kier alpha value is -1.02. The zero-order chi connectivity index (χ0) is 13.2. The first kappa shape index (κ1) is 13.4. The fourth-order valence-electron chi connectivity index (χ4n) is 2.94. The fraction of sp³-hybridized carbons (Fsp3) is 0.533. The molecule has 1 aromatic rings. The number of rotatable bonds is 4. The van der Waals surface area contributed by atoms with Gasteiger partial charge < -0.3 is 4.74 Å². The lowest BCUT2D eigenvalue weighted by Crippen LogP contribution is -2.27. The van der Waals surface area contributed by atoms with E-state index in [-0.39, 0.29) is 11.2 Å². The van der Waals surface area contributed by atoms with E-state index in [9.17, 15) is 4.79 Å². The van der Waals surface area contributed by atoms with Crippen molar-refractivity contribution in [3.05, 3.63) is 28.8 Å². The third-order valence-electron chi connectivity index (χ3n) is 4.13. The van der Waals surface area contributed by atoms with Crippen molar-refractivity contribution in [3.63, 3.8) is 0 Å². The number of hydrogen-bond donors (Lipinski definition) is 0. The number of carbonyl (C=O) groups is 1. The van der Waals surface area contributed by atoms with Gasteiger partial charge in [0.05, 0.1) is 12.7 Å². The van der Waals surface area contributed by atoms with Crippen LogP contribution >= 0.6 is 11.6 Å². The Kier molecular flexibility index (Phi) is 3.96. The third kappa shape index (κ3) is 2.26. The molecule has 0 aromatic heterocycles. The monoisotopic (exact) mass is 266 g/mol. The van der Waals surface area contributed by atoms with Crippen molar-refractivity contribution in [2.75, 3.05) is 7.11 Å². The van der Waals surface area contributed by atoms with Crippen molar-refractivity contribution in [2.24, 2.45) is 5.41 Å². The molecule has 0 spiro atoms. The minimum atomic E-state index is -0.196. The summed E-state index contributed by atoms with van der Waals surface area (Å²) in [5, 5.41) is 0.586. The quantitative estimate of drug-likeness (QED) is 0.750. The van der Waals surface area contributed by atoms with E-state index in [2.05, 4.69) is 6.92 Å². The van der Waals surface area contributed by atoms with E-state index in [1.165, 1.54) is 0 Å². The van der Waals surface area contributed by atoms with Crippen LogP contribution in [0, 0.1) is 5.41 Å². The number of halogens is 1. The van der Waals surface area contributed by atoms with E-state index >= 15 is 0 Å². The zero-order valence-corrected chi connectivity index (χ0v) is 11.7. The van der Waals surface area contributed by atoms with Gasteiger partial charge in [0, 0.05) is 10.4 Å². The molecule has 0 aliphatic heterocycles. The number of carbonyl (C=O) groups excluding carboxylic acids is 1. The Morgan fingerprint density at radius 1 is 1.39 bits per heavy atom. The van der Waals surface area contributed by atoms with Gasteiger partial charge in [0.15, 0.2) is 5.78 Å². The highest BCUT2D eigenvalue weighted by Gasteiger charge is 2.40. The maximum atomic E-state index is 12.8. The first-order valence-electron chi connectivity index (χ1n) is 6.51. The number of methoxy groups -OCH3 is 1. The van der Waals surface area contributed by atoms with E-state index in [0.29, 0.717) is 16.3 Å². The van der Waals surface area contributed by atoms with Crippen molar-refractivity contribution in [2.45, 2.75) is 39.0 Å². The van der Waals surface area contributed by atoms with Crippen LogP contribution < -0.4 is 4.74 Å². The maximum Gasteiger partial charge on any atom is 0.172 e. The molecule has 1 aliphatic carbocycles. The summed E-state index contributed by atoms with van der Waals surface area (Å²) < 4.78 is 5.29. The Morgan fingerprint density at radius 3 is 2.61 bits per heavy atom. The largest absolute Gasteiger partial charge is 0.496 e. The first-order valence-corrected chi connectivity index (χ1v) is 6.89. The number of benzene rings is 1. The van der Waals surface area contributed by atoms with Gasteiger partial charge in [-0.25, -0.2) is 0 Å². The third-order valence-corrected chi connectivity index (χ3v) is 4.36. The molecule has 0 saturated heterocycles. The van der Waals surface area contributed by atoms with E-state index in [0.717, 1.165) is 32.1 Å². The molecule has 0 amide bonds. The van der Waals surface area contributed by atoms with Gasteiger partial charge in [-0.05, 0) is 37.5 Å². The molecule has 2 rings (SSSR count). The molecule has 1 aliphatic rings. The Bertz CT molecular complexity index is 448. The number of ketones is 1. The van der Waals surface area contributed by atoms with Crippen LogP contribution in [0.1, 0.15) is 49.4 Å². The van der Waals surface area contributed by atoms with Gasteiger partial charge in [-0.3, -0.25) is 4.79 Å². The SMILES string of the molecule is CCC1(C(=O)c2cc(Cl)ccc2OC)CCCC1. The molecule has 3 heteroatoms. The summed E-state index contributed by atoms with van der Waals surface area (Å²) in [4.78, 5) is 12.8. The highest BCUT2D eigenvalue weighted by molar-refractivity contribution is 6.31. The van der Waals surface area contributed by atoms with E-state index < -0.39 is 0 Å². The summed E-state index contributed by atoms with van der Waals surface area (Å²) in [6.45, 7) is 2.10. The minimum absolute atomic E-state index is 0.196. The second kappa shape index (κ2) is 5.31. The zero-order valence-electron chi connectivity index (χ0n) is 11.0. The summed E-state index contributed by atoms with van der Waals surface area (Å²) >= 11 is 6.01. The van der Waals surface area contributed by atoms with Crippen molar-refractivity contribution in [1.29, 1.82) is 0 Å². The average molecular weight is 267 g/mol. The number of Topliss-reactive ketones (excluding diaryl/α,β-unsaturated/α-hetero) is 1. The number of hydrogen-bond acceptors (Lipinski definition) is 2. The van der Waals surface area contributed by atoms with Crippen molar-refractivity contribution < 1.29 is 9.53 Å².